The summed E-state index contributed by atoms with van der Waals surface area (Å²) in [4.78, 5) is 48.1. The van der Waals surface area contributed by atoms with E-state index in [1.807, 2.05) is 68.4 Å². The van der Waals surface area contributed by atoms with Crippen LogP contribution in [0.4, 0.5) is 5.69 Å². The number of pyridine rings is 1. The first-order valence-corrected chi connectivity index (χ1v) is 12.5. The van der Waals surface area contributed by atoms with Crippen LogP contribution in [-0.2, 0) is 15.0 Å². The van der Waals surface area contributed by atoms with Crippen molar-refractivity contribution >= 4 is 34.3 Å². The minimum absolute atomic E-state index is 0.0950. The topological polar surface area (TPSA) is 106 Å². The van der Waals surface area contributed by atoms with Crippen molar-refractivity contribution < 1.29 is 14.4 Å². The number of likely N-dealkylation sites (N-methyl/N-ethyl adjacent to an activating group) is 1. The van der Waals surface area contributed by atoms with Gasteiger partial charge in [0.05, 0.1) is 17.0 Å². The maximum absolute atomic E-state index is 14.0. The van der Waals surface area contributed by atoms with E-state index in [-0.39, 0.29) is 42.3 Å². The van der Waals surface area contributed by atoms with Crippen molar-refractivity contribution in [3.05, 3.63) is 71.9 Å². The van der Waals surface area contributed by atoms with Gasteiger partial charge in [-0.05, 0) is 36.1 Å². The molecule has 2 aromatic carbocycles. The van der Waals surface area contributed by atoms with Gasteiger partial charge < -0.3 is 15.1 Å². The standard InChI is InChI=1S/C29H29N5O3/c1-18(2)14-25(33(3)26(35)24-13-12-19-8-4-6-10-22(19)31-24)27(36)34-17-29(15-20(34)16-30)21-9-5-7-11-23(21)32-28(29)37/h4-13,18,20,25H,14-15,17H2,1-3H3,(H,32,37)/t20-,25-,29-/m0/s1. The molecular formula is C29H29N5O3. The third-order valence-corrected chi connectivity index (χ3v) is 7.50. The molecule has 1 aromatic heterocycles. The zero-order valence-corrected chi connectivity index (χ0v) is 21.1. The number of anilines is 1. The van der Waals surface area contributed by atoms with E-state index in [9.17, 15) is 19.6 Å². The first-order valence-electron chi connectivity index (χ1n) is 12.5. The Balaban J connectivity index is 1.46. The molecule has 1 fully saturated rings. The summed E-state index contributed by atoms with van der Waals surface area (Å²) in [6.07, 6.45) is 0.634. The van der Waals surface area contributed by atoms with Crippen molar-refractivity contribution in [1.82, 2.24) is 14.8 Å². The summed E-state index contributed by atoms with van der Waals surface area (Å²) in [5.41, 5.74) is 1.50. The number of amides is 3. The molecule has 0 unspecified atom stereocenters. The van der Waals surface area contributed by atoms with Gasteiger partial charge in [0.1, 0.15) is 17.8 Å². The van der Waals surface area contributed by atoms with Gasteiger partial charge in [0, 0.05) is 31.1 Å². The molecule has 37 heavy (non-hydrogen) atoms. The summed E-state index contributed by atoms with van der Waals surface area (Å²) in [6.45, 7) is 4.07. The van der Waals surface area contributed by atoms with Crippen molar-refractivity contribution in [2.75, 3.05) is 18.9 Å². The number of nitrogens with zero attached hydrogens (tertiary/aromatic N) is 4. The smallest absolute Gasteiger partial charge is 0.272 e. The Bertz CT molecular complexity index is 1440. The predicted molar refractivity (Wildman–Crippen MR) is 140 cm³/mol. The molecule has 1 N–H and O–H groups in total. The number of fused-ring (bicyclic) bond motifs is 3. The molecule has 8 nitrogen and oxygen atoms in total. The number of carbonyl (C=O) groups excluding carboxylic acids is 3. The first-order chi connectivity index (χ1) is 17.7. The van der Waals surface area contributed by atoms with Crippen molar-refractivity contribution in [3.63, 3.8) is 0 Å². The Kier molecular flexibility index (Phi) is 6.16. The Morgan fingerprint density at radius 1 is 1.16 bits per heavy atom. The molecule has 2 aliphatic rings. The lowest BCUT2D eigenvalue weighted by atomic mass is 9.80. The van der Waals surface area contributed by atoms with Crippen molar-refractivity contribution in [3.8, 4) is 6.07 Å². The van der Waals surface area contributed by atoms with Crippen molar-refractivity contribution in [2.45, 2.75) is 44.2 Å². The number of para-hydroxylation sites is 2. The molecule has 3 atom stereocenters. The van der Waals surface area contributed by atoms with Gasteiger partial charge in [0.15, 0.2) is 0 Å². The van der Waals surface area contributed by atoms with Crippen LogP contribution in [0.5, 0.6) is 0 Å². The van der Waals surface area contributed by atoms with Crippen LogP contribution in [0.2, 0.25) is 0 Å². The summed E-state index contributed by atoms with van der Waals surface area (Å²) in [7, 11) is 1.61. The molecule has 0 radical (unpaired) electrons. The molecule has 1 spiro atoms. The molecular weight excluding hydrogens is 466 g/mol. The van der Waals surface area contributed by atoms with E-state index in [2.05, 4.69) is 16.4 Å². The second-order valence-corrected chi connectivity index (χ2v) is 10.3. The van der Waals surface area contributed by atoms with Crippen LogP contribution in [0.25, 0.3) is 10.9 Å². The van der Waals surface area contributed by atoms with Crippen LogP contribution in [0.1, 0.15) is 42.7 Å². The number of nitrogens with one attached hydrogen (secondary N) is 1. The lowest BCUT2D eigenvalue weighted by Crippen LogP contribution is -2.52. The first kappa shape index (κ1) is 24.4. The quantitative estimate of drug-likeness (QED) is 0.580. The average molecular weight is 496 g/mol. The molecule has 8 heteroatoms. The second-order valence-electron chi connectivity index (χ2n) is 10.3. The third kappa shape index (κ3) is 4.10. The minimum atomic E-state index is -0.975. The summed E-state index contributed by atoms with van der Waals surface area (Å²) >= 11 is 0. The van der Waals surface area contributed by atoms with Crippen LogP contribution in [0, 0.1) is 17.2 Å². The van der Waals surface area contributed by atoms with Gasteiger partial charge in [-0.1, -0.05) is 56.3 Å². The van der Waals surface area contributed by atoms with Gasteiger partial charge >= 0.3 is 0 Å². The van der Waals surface area contributed by atoms with Crippen LogP contribution in [0.3, 0.4) is 0 Å². The fourth-order valence-electron chi connectivity index (χ4n) is 5.56. The maximum atomic E-state index is 14.0. The molecule has 1 saturated heterocycles. The van der Waals surface area contributed by atoms with Crippen molar-refractivity contribution in [2.24, 2.45) is 5.92 Å². The highest BCUT2D eigenvalue weighted by Gasteiger charge is 2.56. The molecule has 0 bridgehead atoms. The zero-order chi connectivity index (χ0) is 26.3. The summed E-state index contributed by atoms with van der Waals surface area (Å²) < 4.78 is 0. The molecule has 5 rings (SSSR count). The van der Waals surface area contributed by atoms with Crippen LogP contribution in [0.15, 0.2) is 60.7 Å². The minimum Gasteiger partial charge on any atom is -0.328 e. The number of likely N-dealkylation sites (tertiary alicyclic amines) is 1. The number of carbonyl (C=O) groups is 3. The number of hydrogen-bond donors (Lipinski definition) is 1. The third-order valence-electron chi connectivity index (χ3n) is 7.50. The number of hydrogen-bond acceptors (Lipinski definition) is 5. The van der Waals surface area contributed by atoms with Gasteiger partial charge in [-0.2, -0.15) is 5.26 Å². The molecule has 188 valence electrons. The predicted octanol–water partition coefficient (Wildman–Crippen LogP) is 3.74. The lowest BCUT2D eigenvalue weighted by Gasteiger charge is -2.33. The Morgan fingerprint density at radius 2 is 1.89 bits per heavy atom. The highest BCUT2D eigenvalue weighted by molar-refractivity contribution is 6.07. The average Bonchev–Trinajstić information content (AvgIpc) is 3.43. The van der Waals surface area contributed by atoms with E-state index in [0.29, 0.717) is 17.6 Å². The zero-order valence-electron chi connectivity index (χ0n) is 21.1. The van der Waals surface area contributed by atoms with E-state index in [0.717, 1.165) is 10.9 Å². The SMILES string of the molecule is CC(C)C[C@@H](C(=O)N1C[C@]2(C[C@H]1C#N)C(=O)Nc1ccccc12)N(C)C(=O)c1ccc2ccccc2n1. The van der Waals surface area contributed by atoms with Crippen LogP contribution in [-0.4, -0.2) is 58.2 Å². The van der Waals surface area contributed by atoms with E-state index in [1.54, 1.807) is 13.1 Å². The molecule has 2 aliphatic heterocycles. The summed E-state index contributed by atoms with van der Waals surface area (Å²) in [5.74, 6) is -0.780. The molecule has 3 aromatic rings. The fourth-order valence-corrected chi connectivity index (χ4v) is 5.56. The van der Waals surface area contributed by atoms with E-state index in [4.69, 9.17) is 0 Å². The number of nitriles is 1. The van der Waals surface area contributed by atoms with E-state index >= 15 is 0 Å². The molecule has 0 saturated carbocycles. The van der Waals surface area contributed by atoms with Gasteiger partial charge in [0.2, 0.25) is 11.8 Å². The molecule has 0 aliphatic carbocycles. The normalized spacial score (nSPS) is 21.1. The largest absolute Gasteiger partial charge is 0.328 e. The van der Waals surface area contributed by atoms with Crippen molar-refractivity contribution in [1.29, 1.82) is 5.26 Å². The Morgan fingerprint density at radius 3 is 2.65 bits per heavy atom. The monoisotopic (exact) mass is 495 g/mol. The van der Waals surface area contributed by atoms with Gasteiger partial charge in [-0.3, -0.25) is 14.4 Å². The Labute approximate surface area is 215 Å². The maximum Gasteiger partial charge on any atom is 0.272 e. The van der Waals surface area contributed by atoms with Gasteiger partial charge in [0.25, 0.3) is 5.91 Å². The number of benzene rings is 2. The van der Waals surface area contributed by atoms with Gasteiger partial charge in [-0.15, -0.1) is 0 Å². The summed E-state index contributed by atoms with van der Waals surface area (Å²) in [5, 5.41) is 13.8. The van der Waals surface area contributed by atoms with Crippen LogP contribution < -0.4 is 5.32 Å². The number of aromatic nitrogens is 1. The highest BCUT2D eigenvalue weighted by Crippen LogP contribution is 2.46. The highest BCUT2D eigenvalue weighted by atomic mass is 16.2. The molecule has 3 heterocycles. The Hall–Kier alpha value is -4.25. The van der Waals surface area contributed by atoms with Crippen LogP contribution >= 0.6 is 0 Å². The van der Waals surface area contributed by atoms with Gasteiger partial charge in [-0.25, -0.2) is 4.98 Å². The van der Waals surface area contributed by atoms with E-state index < -0.39 is 17.5 Å². The van der Waals surface area contributed by atoms with E-state index in [1.165, 1.54) is 9.80 Å². The molecule has 3 amide bonds. The fraction of sp³-hybridized carbons (Fsp3) is 0.345. The lowest BCUT2D eigenvalue weighted by molar-refractivity contribution is -0.136. The second kappa shape index (κ2) is 9.32. The summed E-state index contributed by atoms with van der Waals surface area (Å²) in [6, 6.07) is 19.1. The number of rotatable bonds is 5.